The molecule has 0 N–H and O–H groups in total. The van der Waals surface area contributed by atoms with Crippen molar-refractivity contribution in [3.8, 4) is 11.1 Å². The molecule has 1 aromatic heterocycles. The molecule has 1 aromatic carbocycles. The Morgan fingerprint density at radius 2 is 2.12 bits per heavy atom. The second-order valence-electron chi connectivity index (χ2n) is 3.12. The molecule has 0 unspecified atom stereocenters. The molecule has 0 spiro atoms. The first-order chi connectivity index (χ1) is 7.72. The van der Waals surface area contributed by atoms with Gasteiger partial charge in [-0.05, 0) is 23.8 Å². The Labute approximate surface area is 97.1 Å². The van der Waals surface area contributed by atoms with Crippen LogP contribution in [0.5, 0.6) is 0 Å². The Morgan fingerprint density at radius 3 is 2.75 bits per heavy atom. The summed E-state index contributed by atoms with van der Waals surface area (Å²) >= 11 is 5.89. The van der Waals surface area contributed by atoms with E-state index in [-0.39, 0.29) is 5.69 Å². The number of rotatable bonds is 1. The molecule has 0 radical (unpaired) electrons. The van der Waals surface area contributed by atoms with Gasteiger partial charge in [-0.25, -0.2) is 14.2 Å². The van der Waals surface area contributed by atoms with Crippen molar-refractivity contribution < 1.29 is 4.39 Å². The van der Waals surface area contributed by atoms with Crippen molar-refractivity contribution in [1.29, 1.82) is 0 Å². The van der Waals surface area contributed by atoms with Crippen LogP contribution >= 0.6 is 11.6 Å². The largest absolute Gasteiger partial charge is 0.244 e. The molecule has 4 heteroatoms. The van der Waals surface area contributed by atoms with Gasteiger partial charge in [0.15, 0.2) is 0 Å². The lowest BCUT2D eigenvalue weighted by molar-refractivity contribution is 0.634. The third-order valence-electron chi connectivity index (χ3n) is 2.14. The molecule has 1 heterocycles. The Bertz CT molecular complexity index is 575. The average molecular weight is 233 g/mol. The molecule has 0 bridgehead atoms. The predicted octanol–water partition coefficient (Wildman–Crippen LogP) is 4.09. The minimum atomic E-state index is -0.549. The number of nitrogens with zero attached hydrogens (tertiary/aromatic N) is 2. The summed E-state index contributed by atoms with van der Waals surface area (Å²) in [4.78, 5) is 6.96. The van der Waals surface area contributed by atoms with Crippen molar-refractivity contribution >= 4 is 17.3 Å². The fourth-order valence-corrected chi connectivity index (χ4v) is 1.59. The Balaban J connectivity index is 2.55. The summed E-state index contributed by atoms with van der Waals surface area (Å²) in [5.74, 6) is -0.549. The van der Waals surface area contributed by atoms with Crippen molar-refractivity contribution in [2.24, 2.45) is 0 Å². The average Bonchev–Trinajstić information content (AvgIpc) is 2.29. The number of hydrogen-bond donors (Lipinski definition) is 0. The van der Waals surface area contributed by atoms with E-state index in [1.807, 2.05) is 0 Å². The van der Waals surface area contributed by atoms with Gasteiger partial charge in [0.2, 0.25) is 5.69 Å². The van der Waals surface area contributed by atoms with Crippen molar-refractivity contribution in [2.45, 2.75) is 0 Å². The van der Waals surface area contributed by atoms with Crippen molar-refractivity contribution in [3.05, 3.63) is 58.9 Å². The first kappa shape index (κ1) is 10.6. The third-order valence-corrected chi connectivity index (χ3v) is 2.44. The monoisotopic (exact) mass is 232 g/mol. The number of aromatic nitrogens is 1. The highest BCUT2D eigenvalue weighted by atomic mass is 35.5. The molecule has 2 rings (SSSR count). The SMILES string of the molecule is [C-]#[N+]c1ccc(-c2cccnc2Cl)cc1F. The molecule has 0 amide bonds. The zero-order valence-electron chi connectivity index (χ0n) is 8.11. The van der Waals surface area contributed by atoms with Gasteiger partial charge in [-0.2, -0.15) is 0 Å². The van der Waals surface area contributed by atoms with Crippen LogP contribution in [0.25, 0.3) is 16.0 Å². The lowest BCUT2D eigenvalue weighted by atomic mass is 10.1. The molecule has 0 fully saturated rings. The minimum absolute atomic E-state index is 0.00348. The van der Waals surface area contributed by atoms with Gasteiger partial charge in [-0.1, -0.05) is 23.7 Å². The quantitative estimate of drug-likeness (QED) is 0.535. The summed E-state index contributed by atoms with van der Waals surface area (Å²) in [7, 11) is 0. The van der Waals surface area contributed by atoms with Crippen LogP contribution in [-0.4, -0.2) is 4.98 Å². The van der Waals surface area contributed by atoms with Crippen LogP contribution in [-0.2, 0) is 0 Å². The maximum absolute atomic E-state index is 13.4. The molecule has 0 saturated heterocycles. The number of hydrogen-bond acceptors (Lipinski definition) is 1. The summed E-state index contributed by atoms with van der Waals surface area (Å²) in [5, 5.41) is 0.317. The molecule has 2 aromatic rings. The summed E-state index contributed by atoms with van der Waals surface area (Å²) < 4.78 is 13.4. The standard InChI is InChI=1S/C12H6ClFN2/c1-15-11-5-4-8(7-10(11)14)9-3-2-6-16-12(9)13/h2-7H. The van der Waals surface area contributed by atoms with E-state index in [4.69, 9.17) is 18.2 Å². The molecule has 0 atom stereocenters. The van der Waals surface area contributed by atoms with Gasteiger partial charge < -0.3 is 0 Å². The molecule has 78 valence electrons. The molecule has 0 saturated carbocycles. The minimum Gasteiger partial charge on any atom is -0.244 e. The van der Waals surface area contributed by atoms with Gasteiger partial charge in [0.05, 0.1) is 6.57 Å². The van der Waals surface area contributed by atoms with Crippen LogP contribution in [0, 0.1) is 12.4 Å². The smallest absolute Gasteiger partial charge is 0.222 e. The first-order valence-corrected chi connectivity index (χ1v) is 4.88. The molecule has 0 aliphatic rings. The number of halogens is 2. The highest BCUT2D eigenvalue weighted by Gasteiger charge is 2.07. The van der Waals surface area contributed by atoms with Crippen molar-refractivity contribution in [3.63, 3.8) is 0 Å². The normalized spacial score (nSPS) is 9.81. The molecule has 0 aliphatic carbocycles. The lowest BCUT2D eigenvalue weighted by Crippen LogP contribution is -1.84. The van der Waals surface area contributed by atoms with Crippen LogP contribution in [0.4, 0.5) is 10.1 Å². The zero-order valence-corrected chi connectivity index (χ0v) is 8.87. The number of benzene rings is 1. The zero-order chi connectivity index (χ0) is 11.5. The first-order valence-electron chi connectivity index (χ1n) is 4.50. The van der Waals surface area contributed by atoms with Gasteiger partial charge in [0.1, 0.15) is 11.0 Å². The molecule has 0 aliphatic heterocycles. The molecular formula is C12H6ClFN2. The van der Waals surface area contributed by atoms with Gasteiger partial charge in [0, 0.05) is 11.8 Å². The van der Waals surface area contributed by atoms with Crippen LogP contribution in [0.15, 0.2) is 36.5 Å². The lowest BCUT2D eigenvalue weighted by Gasteiger charge is -2.04. The van der Waals surface area contributed by atoms with Crippen LogP contribution in [0.2, 0.25) is 5.15 Å². The van der Waals surface area contributed by atoms with Crippen molar-refractivity contribution in [1.82, 2.24) is 4.98 Å². The second-order valence-corrected chi connectivity index (χ2v) is 3.48. The highest BCUT2D eigenvalue weighted by molar-refractivity contribution is 6.32. The Hall–Kier alpha value is -1.92. The van der Waals surface area contributed by atoms with E-state index in [0.717, 1.165) is 0 Å². The fraction of sp³-hybridized carbons (Fsp3) is 0. The summed E-state index contributed by atoms with van der Waals surface area (Å²) in [6, 6.07) is 7.85. The molecule has 2 nitrogen and oxygen atoms in total. The van der Waals surface area contributed by atoms with Gasteiger partial charge in [-0.15, -0.1) is 0 Å². The van der Waals surface area contributed by atoms with E-state index in [1.165, 1.54) is 12.1 Å². The van der Waals surface area contributed by atoms with Crippen LogP contribution in [0.3, 0.4) is 0 Å². The summed E-state index contributed by atoms with van der Waals surface area (Å²) in [6.45, 7) is 6.75. The van der Waals surface area contributed by atoms with E-state index in [9.17, 15) is 4.39 Å². The van der Waals surface area contributed by atoms with E-state index in [0.29, 0.717) is 16.3 Å². The van der Waals surface area contributed by atoms with E-state index in [2.05, 4.69) is 9.83 Å². The summed E-state index contributed by atoms with van der Waals surface area (Å²) in [6.07, 6.45) is 1.57. The van der Waals surface area contributed by atoms with E-state index >= 15 is 0 Å². The van der Waals surface area contributed by atoms with E-state index in [1.54, 1.807) is 24.4 Å². The maximum atomic E-state index is 13.4. The van der Waals surface area contributed by atoms with Gasteiger partial charge >= 0.3 is 0 Å². The van der Waals surface area contributed by atoms with Crippen LogP contribution < -0.4 is 0 Å². The summed E-state index contributed by atoms with van der Waals surface area (Å²) in [5.41, 5.74) is 1.27. The molecule has 16 heavy (non-hydrogen) atoms. The fourth-order valence-electron chi connectivity index (χ4n) is 1.37. The highest BCUT2D eigenvalue weighted by Crippen LogP contribution is 2.29. The number of pyridine rings is 1. The Kier molecular flexibility index (Phi) is 2.84. The maximum Gasteiger partial charge on any atom is 0.222 e. The Morgan fingerprint density at radius 1 is 1.31 bits per heavy atom. The van der Waals surface area contributed by atoms with Crippen LogP contribution in [0.1, 0.15) is 0 Å². The second kappa shape index (κ2) is 4.30. The van der Waals surface area contributed by atoms with Gasteiger partial charge in [-0.3, -0.25) is 0 Å². The third kappa shape index (κ3) is 1.88. The molecular weight excluding hydrogens is 227 g/mol. The van der Waals surface area contributed by atoms with E-state index < -0.39 is 5.82 Å². The van der Waals surface area contributed by atoms with Gasteiger partial charge in [0.25, 0.3) is 0 Å². The van der Waals surface area contributed by atoms with Crippen molar-refractivity contribution in [2.75, 3.05) is 0 Å². The predicted molar refractivity (Wildman–Crippen MR) is 60.9 cm³/mol. The topological polar surface area (TPSA) is 17.2 Å².